The highest BCUT2D eigenvalue weighted by Crippen LogP contribution is 2.26. The number of nitrogens with zero attached hydrogens (tertiary/aromatic N) is 3. The second-order valence-electron chi connectivity index (χ2n) is 6.32. The lowest BCUT2D eigenvalue weighted by Gasteiger charge is -2.31. The van der Waals surface area contributed by atoms with Gasteiger partial charge in [-0.15, -0.1) is 0 Å². The number of aliphatic hydroxyl groups is 1. The van der Waals surface area contributed by atoms with E-state index < -0.39 is 0 Å². The van der Waals surface area contributed by atoms with Crippen LogP contribution in [0.15, 0.2) is 12.3 Å². The van der Waals surface area contributed by atoms with Gasteiger partial charge in [0.15, 0.2) is 5.65 Å². The monoisotopic (exact) mass is 304 g/mol. The summed E-state index contributed by atoms with van der Waals surface area (Å²) in [7, 11) is 0. The second-order valence-corrected chi connectivity index (χ2v) is 6.32. The van der Waals surface area contributed by atoms with E-state index in [1.54, 1.807) is 0 Å². The highest BCUT2D eigenvalue weighted by atomic mass is 16.3. The van der Waals surface area contributed by atoms with Gasteiger partial charge in [0, 0.05) is 48.1 Å². The lowest BCUT2D eigenvalue weighted by Crippen LogP contribution is -2.37. The quantitative estimate of drug-likeness (QED) is 0.825. The van der Waals surface area contributed by atoms with E-state index in [0.29, 0.717) is 0 Å². The molecule has 0 amide bonds. The largest absolute Gasteiger partial charge is 0.396 e. The number of aromatic nitrogens is 3. The fourth-order valence-electron chi connectivity index (χ4n) is 2.86. The zero-order valence-corrected chi connectivity index (χ0v) is 14.3. The van der Waals surface area contributed by atoms with Gasteiger partial charge in [-0.25, -0.2) is 9.50 Å². The first-order valence-electron chi connectivity index (χ1n) is 8.12. The zero-order chi connectivity index (χ0) is 16.3. The Bertz CT molecular complexity index is 623. The van der Waals surface area contributed by atoms with Gasteiger partial charge >= 0.3 is 0 Å². The highest BCUT2D eigenvalue weighted by molar-refractivity contribution is 5.42. The van der Waals surface area contributed by atoms with E-state index in [4.69, 9.17) is 0 Å². The fourth-order valence-corrected chi connectivity index (χ4v) is 2.86. The van der Waals surface area contributed by atoms with Crippen molar-refractivity contribution in [1.82, 2.24) is 19.9 Å². The van der Waals surface area contributed by atoms with Gasteiger partial charge in [-0.3, -0.25) is 0 Å². The Labute approximate surface area is 132 Å². The summed E-state index contributed by atoms with van der Waals surface area (Å²) in [5, 5.41) is 17.8. The molecule has 0 fully saturated rings. The van der Waals surface area contributed by atoms with Crippen LogP contribution in [0.4, 0.5) is 0 Å². The van der Waals surface area contributed by atoms with Gasteiger partial charge in [0.2, 0.25) is 0 Å². The SMILES string of the molecule is CCC(CC)(CO)CNC(C)c1cnc2cc(C)nn2c1C. The Balaban J connectivity index is 2.19. The maximum atomic E-state index is 9.69. The van der Waals surface area contributed by atoms with Gasteiger partial charge in [0.05, 0.1) is 5.69 Å². The molecule has 0 bridgehead atoms. The summed E-state index contributed by atoms with van der Waals surface area (Å²) in [6.45, 7) is 11.5. The zero-order valence-electron chi connectivity index (χ0n) is 14.3. The van der Waals surface area contributed by atoms with Crippen LogP contribution in [0.1, 0.15) is 56.6 Å². The predicted octanol–water partition coefficient (Wildman–Crippen LogP) is 2.80. The molecular formula is C17H28N4O. The summed E-state index contributed by atoms with van der Waals surface area (Å²) in [6, 6.07) is 2.16. The van der Waals surface area contributed by atoms with E-state index in [-0.39, 0.29) is 18.1 Å². The highest BCUT2D eigenvalue weighted by Gasteiger charge is 2.26. The minimum atomic E-state index is -0.0397. The normalized spacial score (nSPS) is 13.7. The van der Waals surface area contributed by atoms with Crippen LogP contribution in [-0.2, 0) is 0 Å². The topological polar surface area (TPSA) is 62.5 Å². The molecule has 1 atom stereocenters. The molecule has 0 aromatic carbocycles. The van der Waals surface area contributed by atoms with E-state index in [9.17, 15) is 5.11 Å². The molecule has 0 aliphatic carbocycles. The van der Waals surface area contributed by atoms with Crippen molar-refractivity contribution in [2.24, 2.45) is 5.41 Å². The minimum Gasteiger partial charge on any atom is -0.396 e. The predicted molar refractivity (Wildman–Crippen MR) is 89.0 cm³/mol. The van der Waals surface area contributed by atoms with Crippen molar-refractivity contribution >= 4 is 5.65 Å². The first-order valence-corrected chi connectivity index (χ1v) is 8.12. The second kappa shape index (κ2) is 6.75. The number of hydrogen-bond donors (Lipinski definition) is 2. The van der Waals surface area contributed by atoms with Crippen LogP contribution in [0.5, 0.6) is 0 Å². The van der Waals surface area contributed by atoms with Crippen molar-refractivity contribution in [2.45, 2.75) is 53.5 Å². The molecule has 0 aliphatic rings. The smallest absolute Gasteiger partial charge is 0.155 e. The lowest BCUT2D eigenvalue weighted by molar-refractivity contribution is 0.110. The summed E-state index contributed by atoms with van der Waals surface area (Å²) < 4.78 is 1.90. The van der Waals surface area contributed by atoms with Crippen molar-refractivity contribution in [3.63, 3.8) is 0 Å². The molecule has 5 heteroatoms. The molecule has 0 radical (unpaired) electrons. The first kappa shape index (κ1) is 16.9. The van der Waals surface area contributed by atoms with Crippen molar-refractivity contribution in [2.75, 3.05) is 13.2 Å². The van der Waals surface area contributed by atoms with Crippen LogP contribution in [-0.4, -0.2) is 32.9 Å². The van der Waals surface area contributed by atoms with Crippen molar-refractivity contribution in [3.05, 3.63) is 29.2 Å². The molecule has 2 aromatic rings. The molecule has 2 rings (SSSR count). The summed E-state index contributed by atoms with van der Waals surface area (Å²) in [5.41, 5.74) is 4.08. The molecular weight excluding hydrogens is 276 g/mol. The lowest BCUT2D eigenvalue weighted by atomic mass is 9.83. The Kier molecular flexibility index (Phi) is 5.19. The van der Waals surface area contributed by atoms with E-state index in [1.165, 1.54) is 0 Å². The first-order chi connectivity index (χ1) is 10.5. The molecule has 2 heterocycles. The third-order valence-electron chi connectivity index (χ3n) is 4.97. The number of rotatable bonds is 7. The Hall–Kier alpha value is -1.46. The molecule has 0 spiro atoms. The maximum Gasteiger partial charge on any atom is 0.155 e. The molecule has 122 valence electrons. The van der Waals surface area contributed by atoms with Gasteiger partial charge < -0.3 is 10.4 Å². The number of fused-ring (bicyclic) bond motifs is 1. The van der Waals surface area contributed by atoms with Gasteiger partial charge in [0.25, 0.3) is 0 Å². The van der Waals surface area contributed by atoms with E-state index in [0.717, 1.165) is 42.0 Å². The van der Waals surface area contributed by atoms with Crippen molar-refractivity contribution in [1.29, 1.82) is 0 Å². The van der Waals surface area contributed by atoms with E-state index >= 15 is 0 Å². The van der Waals surface area contributed by atoms with Crippen molar-refractivity contribution < 1.29 is 5.11 Å². The molecule has 5 nitrogen and oxygen atoms in total. The Morgan fingerprint density at radius 1 is 1.32 bits per heavy atom. The van der Waals surface area contributed by atoms with Crippen LogP contribution in [0.25, 0.3) is 5.65 Å². The average molecular weight is 304 g/mol. The van der Waals surface area contributed by atoms with E-state index in [1.807, 2.05) is 23.7 Å². The average Bonchev–Trinajstić information content (AvgIpc) is 2.91. The summed E-state index contributed by atoms with van der Waals surface area (Å²) in [6.07, 6.45) is 3.87. The van der Waals surface area contributed by atoms with Crippen LogP contribution in [0.3, 0.4) is 0 Å². The molecule has 22 heavy (non-hydrogen) atoms. The summed E-state index contributed by atoms with van der Waals surface area (Å²) >= 11 is 0. The van der Waals surface area contributed by atoms with Crippen LogP contribution >= 0.6 is 0 Å². The Morgan fingerprint density at radius 2 is 2.00 bits per heavy atom. The molecule has 0 saturated heterocycles. The van der Waals surface area contributed by atoms with Gasteiger partial charge in [-0.2, -0.15) is 5.10 Å². The molecule has 1 unspecified atom stereocenters. The molecule has 0 saturated carbocycles. The van der Waals surface area contributed by atoms with Gasteiger partial charge in [-0.05, 0) is 33.6 Å². The van der Waals surface area contributed by atoms with Gasteiger partial charge in [0.1, 0.15) is 0 Å². The van der Waals surface area contributed by atoms with Crippen LogP contribution in [0.2, 0.25) is 0 Å². The number of aliphatic hydroxyl groups excluding tert-OH is 1. The summed E-state index contributed by atoms with van der Waals surface area (Å²) in [4.78, 5) is 4.50. The maximum absolute atomic E-state index is 9.69. The number of hydrogen-bond acceptors (Lipinski definition) is 4. The van der Waals surface area contributed by atoms with Gasteiger partial charge in [-0.1, -0.05) is 13.8 Å². The molecule has 2 N–H and O–H groups in total. The third kappa shape index (κ3) is 3.15. The Morgan fingerprint density at radius 3 is 2.59 bits per heavy atom. The number of nitrogens with one attached hydrogen (secondary N) is 1. The minimum absolute atomic E-state index is 0.0397. The van der Waals surface area contributed by atoms with E-state index in [2.05, 4.69) is 43.1 Å². The number of aryl methyl sites for hydroxylation is 2. The standard InChI is InChI=1S/C17H28N4O/c1-6-17(7-2,11-22)10-19-13(4)15-9-18-16-8-12(3)20-21(16)14(15)5/h8-9,13,19,22H,6-7,10-11H2,1-5H3. The molecule has 0 aliphatic heterocycles. The van der Waals surface area contributed by atoms with Crippen molar-refractivity contribution in [3.8, 4) is 0 Å². The van der Waals surface area contributed by atoms with Crippen LogP contribution < -0.4 is 5.32 Å². The molecule has 2 aromatic heterocycles. The third-order valence-corrected chi connectivity index (χ3v) is 4.97. The fraction of sp³-hybridized carbons (Fsp3) is 0.647. The van der Waals surface area contributed by atoms with Crippen LogP contribution in [0, 0.1) is 19.3 Å². The summed E-state index contributed by atoms with van der Waals surface area (Å²) in [5.74, 6) is 0.